The van der Waals surface area contributed by atoms with Gasteiger partial charge in [0.25, 0.3) is 7.82 Å². The minimum atomic E-state index is -4.65. The molecule has 0 aliphatic carbocycles. The number of rotatable bonds is 80. The molecule has 0 rings (SSSR count). The van der Waals surface area contributed by atoms with Gasteiger partial charge in [-0.05, 0) is 77.0 Å². The lowest BCUT2D eigenvalue weighted by Crippen LogP contribution is -2.37. The third-order valence-corrected chi connectivity index (χ3v) is 20.1. The van der Waals surface area contributed by atoms with E-state index >= 15 is 0 Å². The number of unbranched alkanes of at least 4 members (excludes halogenated alkanes) is 50. The number of esters is 2. The number of ether oxygens (including phenoxy) is 2. The van der Waals surface area contributed by atoms with Gasteiger partial charge in [0, 0.05) is 12.8 Å². The summed E-state index contributed by atoms with van der Waals surface area (Å²) in [7, 11) is 1.18. The van der Waals surface area contributed by atoms with Crippen molar-refractivity contribution in [2.75, 3.05) is 47.5 Å². The van der Waals surface area contributed by atoms with E-state index in [1.165, 1.54) is 289 Å². The van der Waals surface area contributed by atoms with Crippen molar-refractivity contribution in [3.05, 3.63) is 97.2 Å². The number of carbonyl (C=O) groups is 2. The zero-order valence-corrected chi connectivity index (χ0v) is 67.5. The molecule has 0 aromatic carbocycles. The first kappa shape index (κ1) is 96.9. The monoisotopic (exact) mass is 1420 g/mol. The van der Waals surface area contributed by atoms with Crippen molar-refractivity contribution in [3.63, 3.8) is 0 Å². The van der Waals surface area contributed by atoms with Gasteiger partial charge in [0.2, 0.25) is 0 Å². The quantitative estimate of drug-likeness (QED) is 0.0195. The number of quaternary nitrogens is 1. The largest absolute Gasteiger partial charge is 0.756 e. The summed E-state index contributed by atoms with van der Waals surface area (Å²) in [6, 6.07) is 0. The highest BCUT2D eigenvalue weighted by Crippen LogP contribution is 2.38. The molecule has 0 aliphatic rings. The maximum absolute atomic E-state index is 12.9. The van der Waals surface area contributed by atoms with Gasteiger partial charge in [-0.15, -0.1) is 0 Å². The Morgan fingerprint density at radius 1 is 0.320 bits per heavy atom. The van der Waals surface area contributed by atoms with E-state index in [0.29, 0.717) is 17.4 Å². The summed E-state index contributed by atoms with van der Waals surface area (Å²) < 4.78 is 34.5. The van der Waals surface area contributed by atoms with Gasteiger partial charge in [-0.25, -0.2) is 0 Å². The van der Waals surface area contributed by atoms with Crippen LogP contribution >= 0.6 is 7.82 Å². The Labute approximate surface area is 621 Å². The first-order valence-electron chi connectivity index (χ1n) is 42.9. The van der Waals surface area contributed by atoms with Gasteiger partial charge in [-0.2, -0.15) is 0 Å². The minimum absolute atomic E-state index is 0.0314. The van der Waals surface area contributed by atoms with Crippen molar-refractivity contribution in [2.24, 2.45) is 0 Å². The summed E-state index contributed by atoms with van der Waals surface area (Å²) in [5, 5.41) is 0. The van der Waals surface area contributed by atoms with Gasteiger partial charge < -0.3 is 27.9 Å². The van der Waals surface area contributed by atoms with Crippen molar-refractivity contribution in [3.8, 4) is 0 Å². The van der Waals surface area contributed by atoms with Crippen molar-refractivity contribution < 1.29 is 42.1 Å². The van der Waals surface area contributed by atoms with Crippen LogP contribution in [0.2, 0.25) is 0 Å². The molecule has 9 nitrogen and oxygen atoms in total. The van der Waals surface area contributed by atoms with Gasteiger partial charge in [0.1, 0.15) is 19.8 Å². The van der Waals surface area contributed by atoms with Gasteiger partial charge in [0.15, 0.2) is 6.10 Å². The van der Waals surface area contributed by atoms with E-state index in [1.807, 2.05) is 21.1 Å². The summed E-state index contributed by atoms with van der Waals surface area (Å²) in [6.45, 7) is 4.19. The fourth-order valence-corrected chi connectivity index (χ4v) is 13.4. The van der Waals surface area contributed by atoms with Crippen LogP contribution in [0.5, 0.6) is 0 Å². The fraction of sp³-hybridized carbons (Fsp3) is 0.800. The van der Waals surface area contributed by atoms with Crippen molar-refractivity contribution in [1.29, 1.82) is 0 Å². The molecule has 0 fully saturated rings. The molecule has 100 heavy (non-hydrogen) atoms. The number of carbonyl (C=O) groups excluding carboxylic acids is 2. The molecule has 0 aliphatic heterocycles. The Bertz CT molecular complexity index is 2010. The predicted molar refractivity (Wildman–Crippen MR) is 434 cm³/mol. The van der Waals surface area contributed by atoms with E-state index in [-0.39, 0.29) is 32.0 Å². The lowest BCUT2D eigenvalue weighted by molar-refractivity contribution is -0.870. The third kappa shape index (κ3) is 83.9. The highest BCUT2D eigenvalue weighted by atomic mass is 31.2. The van der Waals surface area contributed by atoms with Crippen LogP contribution < -0.4 is 4.89 Å². The first-order valence-corrected chi connectivity index (χ1v) is 44.4. The van der Waals surface area contributed by atoms with Crippen LogP contribution in [0.25, 0.3) is 0 Å². The van der Waals surface area contributed by atoms with Crippen LogP contribution in [0.15, 0.2) is 97.2 Å². The normalized spacial score (nSPS) is 13.5. The van der Waals surface area contributed by atoms with E-state index < -0.39 is 26.5 Å². The highest BCUT2D eigenvalue weighted by Gasteiger charge is 2.22. The minimum Gasteiger partial charge on any atom is -0.756 e. The second-order valence-electron chi connectivity index (χ2n) is 30.2. The number of hydrogen-bond donors (Lipinski definition) is 0. The molecular weight excluding hydrogens is 1250 g/mol. The number of likely N-dealkylation sites (N-methyl/N-ethyl adjacent to an activating group) is 1. The Balaban J connectivity index is 3.92. The van der Waals surface area contributed by atoms with Crippen LogP contribution in [0.3, 0.4) is 0 Å². The standard InChI is InChI=1S/C90H164NO8P/c1-6-8-10-12-14-16-18-20-22-24-26-28-30-32-34-36-38-40-42-44-45-47-49-51-53-55-57-59-61-63-65-67-69-71-73-75-77-79-81-83-90(93)99-88(87-98-100(94,95)97-85-84-91(3,4)5)86-96-89(92)82-80-78-76-74-72-70-68-66-64-62-60-58-56-54-52-50-48-46-43-41-39-37-35-33-31-29-27-25-23-21-19-17-15-13-11-9-7-2/h8,10,14,16,20,22,26,28,32,34,38,40,44-45,49,51,88H,6-7,9,11-13,15,17-19,21,23-25,27,29-31,33,35-37,39,41-43,46-48,50,52-87H2,1-5H3/b10-8-,16-14-,22-20-,28-26-,34-32-,40-38-,45-44-,51-49-. The predicted octanol–water partition coefficient (Wildman–Crippen LogP) is 28.3. The SMILES string of the molecule is CC/C=C\C/C=C\C/C=C\C/C=C\C/C=C\C/C=C\C/C=C\C/C=C\CCCCCCCCCCCCCCCCC(=O)OC(COC(=O)CCCCCCCCCCCCCCCCCCCCCCCCCCCCCCCCCCCCCCC)COP(=O)([O-])OCC[N+](C)(C)C. The second-order valence-corrected chi connectivity index (χ2v) is 31.6. The molecule has 0 bridgehead atoms. The molecule has 0 heterocycles. The van der Waals surface area contributed by atoms with Crippen LogP contribution in [0, 0.1) is 0 Å². The fourth-order valence-electron chi connectivity index (χ4n) is 12.6. The van der Waals surface area contributed by atoms with E-state index in [9.17, 15) is 19.0 Å². The van der Waals surface area contributed by atoms with Crippen LogP contribution in [-0.4, -0.2) is 70.0 Å². The summed E-state index contributed by atoms with van der Waals surface area (Å²) >= 11 is 0. The molecule has 0 aromatic heterocycles. The Hall–Kier alpha value is -3.07. The average molecular weight is 1420 g/mol. The lowest BCUT2D eigenvalue weighted by Gasteiger charge is -2.28. The van der Waals surface area contributed by atoms with E-state index in [2.05, 4.69) is 111 Å². The molecule has 10 heteroatoms. The summed E-state index contributed by atoms with van der Waals surface area (Å²) in [6.07, 6.45) is 113. The molecule has 0 amide bonds. The molecule has 0 spiro atoms. The Morgan fingerprint density at radius 3 is 0.850 bits per heavy atom. The maximum Gasteiger partial charge on any atom is 0.306 e. The second kappa shape index (κ2) is 80.0. The molecule has 0 aromatic rings. The zero-order valence-electron chi connectivity index (χ0n) is 66.6. The number of allylic oxidation sites excluding steroid dienone is 16. The molecule has 2 unspecified atom stereocenters. The Kier molecular flexibility index (Phi) is 77.6. The molecule has 0 N–H and O–H groups in total. The van der Waals surface area contributed by atoms with Gasteiger partial charge in [-0.1, -0.05) is 419 Å². The molecule has 582 valence electrons. The van der Waals surface area contributed by atoms with E-state index in [0.717, 1.165) is 89.9 Å². The molecule has 2 atom stereocenters. The van der Waals surface area contributed by atoms with Crippen molar-refractivity contribution in [1.82, 2.24) is 0 Å². The maximum atomic E-state index is 12.9. The summed E-state index contributed by atoms with van der Waals surface area (Å²) in [5.41, 5.74) is 0. The number of phosphoric ester groups is 1. The zero-order chi connectivity index (χ0) is 72.5. The summed E-state index contributed by atoms with van der Waals surface area (Å²) in [4.78, 5) is 38.2. The van der Waals surface area contributed by atoms with Crippen LogP contribution in [0.4, 0.5) is 0 Å². The van der Waals surface area contributed by atoms with Crippen LogP contribution in [-0.2, 0) is 32.7 Å². The molecule has 0 saturated carbocycles. The molecule has 0 saturated heterocycles. The average Bonchev–Trinajstić information content (AvgIpc) is 1.07. The molecular formula is C90H164NO8P. The van der Waals surface area contributed by atoms with Gasteiger partial charge in [0.05, 0.1) is 27.7 Å². The van der Waals surface area contributed by atoms with Crippen LogP contribution in [0.1, 0.15) is 412 Å². The number of nitrogens with zero attached hydrogens (tertiary/aromatic N) is 1. The number of phosphoric acid groups is 1. The summed E-state index contributed by atoms with van der Waals surface area (Å²) in [5.74, 6) is -0.817. The molecule has 0 radical (unpaired) electrons. The smallest absolute Gasteiger partial charge is 0.306 e. The Morgan fingerprint density at radius 2 is 0.570 bits per heavy atom. The van der Waals surface area contributed by atoms with Gasteiger partial charge in [-0.3, -0.25) is 14.2 Å². The van der Waals surface area contributed by atoms with E-state index in [1.54, 1.807) is 0 Å². The van der Waals surface area contributed by atoms with Crippen molar-refractivity contribution >= 4 is 19.8 Å². The van der Waals surface area contributed by atoms with E-state index in [4.69, 9.17) is 18.5 Å². The van der Waals surface area contributed by atoms with Crippen molar-refractivity contribution in [2.45, 2.75) is 418 Å². The third-order valence-electron chi connectivity index (χ3n) is 19.1. The number of hydrogen-bond acceptors (Lipinski definition) is 8. The van der Waals surface area contributed by atoms with Gasteiger partial charge >= 0.3 is 11.9 Å². The lowest BCUT2D eigenvalue weighted by atomic mass is 10.0. The topological polar surface area (TPSA) is 111 Å². The highest BCUT2D eigenvalue weighted by molar-refractivity contribution is 7.45. The first-order chi connectivity index (χ1) is 49.0.